The van der Waals surface area contributed by atoms with Crippen molar-refractivity contribution >= 4 is 28.2 Å². The molecule has 12 nitrogen and oxygen atoms in total. The Kier molecular flexibility index (Phi) is 6.11. The third kappa shape index (κ3) is 4.30. The van der Waals surface area contributed by atoms with Gasteiger partial charge in [0.15, 0.2) is 28.9 Å². The summed E-state index contributed by atoms with van der Waals surface area (Å²) in [6, 6.07) is 9.38. The third-order valence-electron chi connectivity index (χ3n) is 6.36. The first-order chi connectivity index (χ1) is 19.7. The summed E-state index contributed by atoms with van der Waals surface area (Å²) in [5, 5.41) is 25.3. The molecule has 0 saturated carbocycles. The highest BCUT2D eigenvalue weighted by Crippen LogP contribution is 2.31. The second-order valence-corrected chi connectivity index (χ2v) is 9.39. The molecule has 0 fully saturated rings. The number of tetrazole rings is 1. The smallest absolute Gasteiger partial charge is 0.288 e. The van der Waals surface area contributed by atoms with Crippen molar-refractivity contribution in [3.8, 4) is 17.3 Å². The molecule has 0 bridgehead atoms. The molecular formula is C25H14ClF3N10O2. The molecule has 0 aliphatic carbocycles. The molecular weight excluding hydrogens is 565 g/mol. The van der Waals surface area contributed by atoms with Crippen molar-refractivity contribution in [1.29, 1.82) is 5.26 Å². The van der Waals surface area contributed by atoms with E-state index < -0.39 is 35.2 Å². The van der Waals surface area contributed by atoms with Crippen LogP contribution >= 0.6 is 11.6 Å². The van der Waals surface area contributed by atoms with Crippen LogP contribution in [0.5, 0.6) is 0 Å². The number of aryl methyl sites for hydroxylation is 1. The first kappa shape index (κ1) is 25.9. The molecule has 4 heterocycles. The molecule has 16 heteroatoms. The van der Waals surface area contributed by atoms with Crippen LogP contribution in [0.25, 0.3) is 27.8 Å². The molecule has 0 spiro atoms. The Balaban J connectivity index is 1.71. The van der Waals surface area contributed by atoms with Gasteiger partial charge >= 0.3 is 5.69 Å². The zero-order valence-corrected chi connectivity index (χ0v) is 21.5. The highest BCUT2D eigenvalue weighted by molar-refractivity contribution is 6.33. The fraction of sp³-hybridized carbons (Fsp3) is 0.120. The lowest BCUT2D eigenvalue weighted by molar-refractivity contribution is 0.444. The van der Waals surface area contributed by atoms with Gasteiger partial charge in [-0.2, -0.15) is 14.9 Å². The Morgan fingerprint density at radius 2 is 1.78 bits per heavy atom. The van der Waals surface area contributed by atoms with Crippen molar-refractivity contribution in [3.05, 3.63) is 103 Å². The molecule has 0 saturated heterocycles. The summed E-state index contributed by atoms with van der Waals surface area (Å²) in [6.07, 6.45) is 1.38. The minimum Gasteiger partial charge on any atom is -0.288 e. The predicted molar refractivity (Wildman–Crippen MR) is 137 cm³/mol. The Morgan fingerprint density at radius 1 is 1.02 bits per heavy atom. The Labute approximate surface area is 231 Å². The molecule has 0 aliphatic heterocycles. The van der Waals surface area contributed by atoms with Crippen molar-refractivity contribution < 1.29 is 13.2 Å². The van der Waals surface area contributed by atoms with Gasteiger partial charge in [0.1, 0.15) is 11.7 Å². The Morgan fingerprint density at radius 3 is 2.46 bits per heavy atom. The zero-order chi connectivity index (χ0) is 29.0. The van der Waals surface area contributed by atoms with Gasteiger partial charge in [-0.15, -0.1) is 5.10 Å². The Hall–Kier alpha value is -5.36. The van der Waals surface area contributed by atoms with Crippen molar-refractivity contribution in [2.45, 2.75) is 13.1 Å². The summed E-state index contributed by atoms with van der Waals surface area (Å²) >= 11 is 6.45. The first-order valence-electron chi connectivity index (χ1n) is 11.7. The van der Waals surface area contributed by atoms with Crippen molar-refractivity contribution in [2.24, 2.45) is 7.05 Å². The van der Waals surface area contributed by atoms with E-state index in [1.165, 1.54) is 39.8 Å². The number of hydrogen-bond acceptors (Lipinski definition) is 8. The monoisotopic (exact) mass is 578 g/mol. The Bertz CT molecular complexity index is 2170. The summed E-state index contributed by atoms with van der Waals surface area (Å²) < 4.78 is 46.4. The van der Waals surface area contributed by atoms with Gasteiger partial charge in [-0.3, -0.25) is 18.6 Å². The van der Waals surface area contributed by atoms with Crippen LogP contribution in [0.3, 0.4) is 0 Å². The van der Waals surface area contributed by atoms with E-state index in [-0.39, 0.29) is 50.8 Å². The normalized spacial score (nSPS) is 11.4. The third-order valence-corrected chi connectivity index (χ3v) is 6.69. The maximum Gasteiger partial charge on any atom is 0.332 e. The van der Waals surface area contributed by atoms with Gasteiger partial charge in [-0.05, 0) is 52.4 Å². The number of nitrogens with zero attached hydrogens (tertiary/aromatic N) is 10. The van der Waals surface area contributed by atoms with Crippen LogP contribution in [-0.2, 0) is 20.1 Å². The van der Waals surface area contributed by atoms with Crippen LogP contribution in [0, 0.1) is 28.8 Å². The van der Waals surface area contributed by atoms with E-state index in [1.807, 2.05) is 6.07 Å². The predicted octanol–water partition coefficient (Wildman–Crippen LogP) is 2.44. The van der Waals surface area contributed by atoms with Gasteiger partial charge in [0.05, 0.1) is 41.0 Å². The molecule has 0 atom stereocenters. The van der Waals surface area contributed by atoms with E-state index >= 15 is 0 Å². The standard InChI is InChI=1S/C25H14ClF3N10O2/c1-36-11-31-20(33-36)10-38-24(40)21-19(37(25(38)41)9-13-5-16(27)22(29)17(28)6-13)7-18(39-23(21)32-34-35-39)14-4-12(8-30)2-3-15(14)26/h2-7,11H,9-10H2,1H3. The van der Waals surface area contributed by atoms with Gasteiger partial charge in [0, 0.05) is 12.6 Å². The van der Waals surface area contributed by atoms with E-state index in [0.717, 1.165) is 21.3 Å². The average Bonchev–Trinajstić information content (AvgIpc) is 3.60. The van der Waals surface area contributed by atoms with Crippen molar-refractivity contribution in [1.82, 2.24) is 43.9 Å². The maximum atomic E-state index is 14.1. The lowest BCUT2D eigenvalue weighted by atomic mass is 10.1. The molecule has 6 rings (SSSR count). The molecule has 0 radical (unpaired) electrons. The molecule has 0 aliphatic rings. The number of hydrogen-bond donors (Lipinski definition) is 0. The summed E-state index contributed by atoms with van der Waals surface area (Å²) in [4.78, 5) is 31.7. The molecule has 6 aromatic rings. The highest BCUT2D eigenvalue weighted by atomic mass is 35.5. The van der Waals surface area contributed by atoms with Crippen LogP contribution in [0.2, 0.25) is 5.02 Å². The molecule has 0 N–H and O–H groups in total. The number of rotatable bonds is 5. The number of fused-ring (bicyclic) bond motifs is 3. The minimum atomic E-state index is -1.66. The van der Waals surface area contributed by atoms with Gasteiger partial charge < -0.3 is 0 Å². The molecule has 2 aromatic carbocycles. The largest absolute Gasteiger partial charge is 0.332 e. The van der Waals surface area contributed by atoms with Crippen LogP contribution in [0.4, 0.5) is 13.2 Å². The minimum absolute atomic E-state index is 0.00824. The van der Waals surface area contributed by atoms with E-state index in [0.29, 0.717) is 5.56 Å². The van der Waals surface area contributed by atoms with Gasteiger partial charge in [0.2, 0.25) is 0 Å². The maximum absolute atomic E-state index is 14.1. The van der Waals surface area contributed by atoms with E-state index in [9.17, 15) is 28.0 Å². The fourth-order valence-corrected chi connectivity index (χ4v) is 4.74. The van der Waals surface area contributed by atoms with Crippen LogP contribution in [0.15, 0.2) is 52.3 Å². The zero-order valence-electron chi connectivity index (χ0n) is 20.8. The molecule has 41 heavy (non-hydrogen) atoms. The molecule has 0 unspecified atom stereocenters. The van der Waals surface area contributed by atoms with Crippen molar-refractivity contribution in [2.75, 3.05) is 0 Å². The van der Waals surface area contributed by atoms with Gasteiger partial charge in [-0.25, -0.2) is 22.9 Å². The lowest BCUT2D eigenvalue weighted by Gasteiger charge is -2.16. The number of pyridine rings is 1. The topological polar surface area (TPSA) is 142 Å². The molecule has 4 aromatic heterocycles. The lowest BCUT2D eigenvalue weighted by Crippen LogP contribution is -2.41. The second-order valence-electron chi connectivity index (χ2n) is 8.98. The van der Waals surface area contributed by atoms with E-state index in [1.54, 1.807) is 7.05 Å². The number of benzene rings is 2. The molecule has 0 amide bonds. The highest BCUT2D eigenvalue weighted by Gasteiger charge is 2.23. The van der Waals surface area contributed by atoms with E-state index in [4.69, 9.17) is 11.6 Å². The number of aromatic nitrogens is 9. The fourth-order valence-electron chi connectivity index (χ4n) is 4.53. The first-order valence-corrected chi connectivity index (χ1v) is 12.1. The SMILES string of the molecule is Cn1cnc(Cn2c(=O)c3c(cc(-c4cc(C#N)ccc4Cl)n4nnnc34)n(Cc3cc(F)c(F)c(F)c3)c2=O)n1. The summed E-state index contributed by atoms with van der Waals surface area (Å²) in [5.74, 6) is -4.42. The van der Waals surface area contributed by atoms with Crippen LogP contribution in [-0.4, -0.2) is 43.9 Å². The second kappa shape index (κ2) is 9.68. The van der Waals surface area contributed by atoms with Crippen LogP contribution < -0.4 is 11.2 Å². The molecule has 204 valence electrons. The number of nitriles is 1. The number of halogens is 4. The van der Waals surface area contributed by atoms with Crippen LogP contribution in [0.1, 0.15) is 17.0 Å². The summed E-state index contributed by atoms with van der Waals surface area (Å²) in [6.45, 7) is -0.811. The van der Waals surface area contributed by atoms with Gasteiger partial charge in [-0.1, -0.05) is 11.6 Å². The van der Waals surface area contributed by atoms with E-state index in [2.05, 4.69) is 25.6 Å². The van der Waals surface area contributed by atoms with Gasteiger partial charge in [0.25, 0.3) is 5.56 Å². The summed E-state index contributed by atoms with van der Waals surface area (Å²) in [7, 11) is 1.61. The quantitative estimate of drug-likeness (QED) is 0.284. The summed E-state index contributed by atoms with van der Waals surface area (Å²) in [5.41, 5.74) is -1.04. The van der Waals surface area contributed by atoms with Crippen molar-refractivity contribution in [3.63, 3.8) is 0 Å². The average molecular weight is 579 g/mol.